The number of ether oxygens (including phenoxy) is 2. The number of esters is 2. The first-order chi connectivity index (χ1) is 11.6. The molecule has 0 spiro atoms. The van der Waals surface area contributed by atoms with E-state index < -0.39 is 6.10 Å². The molecule has 0 saturated heterocycles. The summed E-state index contributed by atoms with van der Waals surface area (Å²) in [7, 11) is 0. The Bertz CT molecular complexity index is 558. The van der Waals surface area contributed by atoms with Crippen molar-refractivity contribution >= 4 is 11.9 Å². The summed E-state index contributed by atoms with van der Waals surface area (Å²) in [5.41, 5.74) is 0.897. The Labute approximate surface area is 143 Å². The molecule has 24 heavy (non-hydrogen) atoms. The molecule has 1 aliphatic carbocycles. The second kappa shape index (κ2) is 9.26. The molecule has 1 aromatic rings. The summed E-state index contributed by atoms with van der Waals surface area (Å²) in [6.07, 6.45) is 8.70. The molecule has 0 radical (unpaired) electrons. The maximum absolute atomic E-state index is 11.4. The molecule has 0 aliphatic heterocycles. The molecule has 0 bridgehead atoms. The fourth-order valence-electron chi connectivity index (χ4n) is 3.20. The molecule has 0 aromatic heterocycles. The highest BCUT2D eigenvalue weighted by Crippen LogP contribution is 2.30. The maximum atomic E-state index is 11.4. The minimum Gasteiger partial charge on any atom is -0.458 e. The molecule has 4 heteroatoms. The molecule has 1 aliphatic rings. The third-order valence-electron chi connectivity index (χ3n) is 4.31. The Morgan fingerprint density at radius 2 is 1.58 bits per heavy atom. The Balaban J connectivity index is 2.15. The van der Waals surface area contributed by atoms with Gasteiger partial charge in [0, 0.05) is 13.8 Å². The third kappa shape index (κ3) is 5.84. The van der Waals surface area contributed by atoms with E-state index in [0.717, 1.165) is 18.4 Å². The minimum absolute atomic E-state index is 0.260. The van der Waals surface area contributed by atoms with E-state index in [1.54, 1.807) is 0 Å². The van der Waals surface area contributed by atoms with Gasteiger partial charge < -0.3 is 9.47 Å². The molecule has 0 unspecified atom stereocenters. The molecule has 0 N–H and O–H groups in total. The molecular weight excluding hydrogens is 304 g/mol. The molecular formula is C20H26O4. The number of benzene rings is 1. The van der Waals surface area contributed by atoms with Crippen LogP contribution in [0.2, 0.25) is 0 Å². The standard InChI is InChI=1S/C20H26O4/c1-15(21)23-19(17-9-5-3-6-10-17)13-14-20(24-16(2)22)18-11-7-4-8-12-18/h3,5-6,9-10,13-14,18-20H,4,7-8,11-12H2,1-2H3/b14-13-/t19-,20+/m1/s1. The van der Waals surface area contributed by atoms with Gasteiger partial charge in [0.1, 0.15) is 12.2 Å². The third-order valence-corrected chi connectivity index (χ3v) is 4.31. The van der Waals surface area contributed by atoms with Crippen molar-refractivity contribution in [2.24, 2.45) is 5.92 Å². The van der Waals surface area contributed by atoms with Gasteiger partial charge in [-0.1, -0.05) is 49.6 Å². The van der Waals surface area contributed by atoms with Crippen LogP contribution in [0, 0.1) is 5.92 Å². The van der Waals surface area contributed by atoms with E-state index in [0.29, 0.717) is 5.92 Å². The molecule has 1 fully saturated rings. The fourth-order valence-corrected chi connectivity index (χ4v) is 3.20. The van der Waals surface area contributed by atoms with Crippen LogP contribution in [0.4, 0.5) is 0 Å². The molecule has 2 rings (SSSR count). The van der Waals surface area contributed by atoms with Crippen molar-refractivity contribution in [3.8, 4) is 0 Å². The van der Waals surface area contributed by atoms with Crippen molar-refractivity contribution in [1.82, 2.24) is 0 Å². The summed E-state index contributed by atoms with van der Waals surface area (Å²) in [5, 5.41) is 0. The number of carbonyl (C=O) groups is 2. The zero-order valence-electron chi connectivity index (χ0n) is 14.4. The van der Waals surface area contributed by atoms with Crippen molar-refractivity contribution in [1.29, 1.82) is 0 Å². The van der Waals surface area contributed by atoms with Crippen molar-refractivity contribution in [2.75, 3.05) is 0 Å². The summed E-state index contributed by atoms with van der Waals surface area (Å²) < 4.78 is 10.9. The first kappa shape index (κ1) is 18.2. The van der Waals surface area contributed by atoms with E-state index >= 15 is 0 Å². The van der Waals surface area contributed by atoms with Gasteiger partial charge >= 0.3 is 11.9 Å². The van der Waals surface area contributed by atoms with E-state index in [1.807, 2.05) is 42.5 Å². The van der Waals surface area contributed by atoms with E-state index in [-0.39, 0.29) is 18.0 Å². The predicted octanol–water partition coefficient (Wildman–Crippen LogP) is 4.36. The van der Waals surface area contributed by atoms with Crippen LogP contribution in [0.5, 0.6) is 0 Å². The fraction of sp³-hybridized carbons (Fsp3) is 0.500. The minimum atomic E-state index is -0.467. The summed E-state index contributed by atoms with van der Waals surface area (Å²) in [6.45, 7) is 2.83. The van der Waals surface area contributed by atoms with Crippen LogP contribution in [0.1, 0.15) is 57.6 Å². The lowest BCUT2D eigenvalue weighted by Crippen LogP contribution is -2.26. The average Bonchev–Trinajstić information content (AvgIpc) is 2.58. The Morgan fingerprint density at radius 3 is 2.17 bits per heavy atom. The van der Waals surface area contributed by atoms with Crippen LogP contribution in [0.3, 0.4) is 0 Å². The van der Waals surface area contributed by atoms with Crippen LogP contribution < -0.4 is 0 Å². The SMILES string of the molecule is CC(=O)O[C@@H](/C=C\[C@@H](OC(C)=O)c1ccccc1)C1CCCCC1. The molecule has 130 valence electrons. The van der Waals surface area contributed by atoms with Crippen molar-refractivity contribution in [2.45, 2.75) is 58.2 Å². The number of hydrogen-bond donors (Lipinski definition) is 0. The summed E-state index contributed by atoms with van der Waals surface area (Å²) in [5.74, 6) is -0.276. The smallest absolute Gasteiger partial charge is 0.303 e. The van der Waals surface area contributed by atoms with Crippen LogP contribution >= 0.6 is 0 Å². The van der Waals surface area contributed by atoms with Gasteiger partial charge in [0.05, 0.1) is 0 Å². The first-order valence-corrected chi connectivity index (χ1v) is 8.64. The number of carbonyl (C=O) groups excluding carboxylic acids is 2. The highest BCUT2D eigenvalue weighted by molar-refractivity contribution is 5.67. The summed E-state index contributed by atoms with van der Waals surface area (Å²) >= 11 is 0. The van der Waals surface area contributed by atoms with Crippen molar-refractivity contribution in [3.05, 3.63) is 48.0 Å². The zero-order chi connectivity index (χ0) is 17.4. The highest BCUT2D eigenvalue weighted by atomic mass is 16.5. The Kier molecular flexibility index (Phi) is 7.04. The van der Waals surface area contributed by atoms with E-state index in [2.05, 4.69) is 0 Å². The zero-order valence-corrected chi connectivity index (χ0v) is 14.4. The van der Waals surface area contributed by atoms with E-state index in [4.69, 9.17) is 9.47 Å². The maximum Gasteiger partial charge on any atom is 0.303 e. The monoisotopic (exact) mass is 330 g/mol. The van der Waals surface area contributed by atoms with Crippen LogP contribution in [0.15, 0.2) is 42.5 Å². The molecule has 1 aromatic carbocycles. The lowest BCUT2D eigenvalue weighted by atomic mass is 9.85. The largest absolute Gasteiger partial charge is 0.458 e. The Hall–Kier alpha value is -2.10. The first-order valence-electron chi connectivity index (χ1n) is 8.64. The predicted molar refractivity (Wildman–Crippen MR) is 92.2 cm³/mol. The molecule has 0 amide bonds. The molecule has 0 heterocycles. The lowest BCUT2D eigenvalue weighted by Gasteiger charge is -2.28. The second-order valence-electron chi connectivity index (χ2n) is 6.30. The number of hydrogen-bond acceptors (Lipinski definition) is 4. The second-order valence-corrected chi connectivity index (χ2v) is 6.30. The molecule has 1 saturated carbocycles. The van der Waals surface area contributed by atoms with Gasteiger partial charge in [-0.05, 0) is 36.5 Å². The molecule has 4 nitrogen and oxygen atoms in total. The lowest BCUT2D eigenvalue weighted by molar-refractivity contribution is -0.147. The highest BCUT2D eigenvalue weighted by Gasteiger charge is 2.24. The van der Waals surface area contributed by atoms with Gasteiger partial charge in [-0.25, -0.2) is 0 Å². The van der Waals surface area contributed by atoms with E-state index in [1.165, 1.54) is 33.1 Å². The van der Waals surface area contributed by atoms with Gasteiger partial charge in [-0.2, -0.15) is 0 Å². The van der Waals surface area contributed by atoms with Crippen molar-refractivity contribution < 1.29 is 19.1 Å². The molecule has 2 atom stereocenters. The van der Waals surface area contributed by atoms with Gasteiger partial charge in [-0.3, -0.25) is 9.59 Å². The quantitative estimate of drug-likeness (QED) is 0.574. The van der Waals surface area contributed by atoms with Crippen LogP contribution in [-0.4, -0.2) is 18.0 Å². The van der Waals surface area contributed by atoms with Gasteiger partial charge in [0.2, 0.25) is 0 Å². The van der Waals surface area contributed by atoms with E-state index in [9.17, 15) is 9.59 Å². The average molecular weight is 330 g/mol. The van der Waals surface area contributed by atoms with Crippen LogP contribution in [0.25, 0.3) is 0 Å². The summed E-state index contributed by atoms with van der Waals surface area (Å²) in [4.78, 5) is 22.9. The van der Waals surface area contributed by atoms with Gasteiger partial charge in [0.25, 0.3) is 0 Å². The van der Waals surface area contributed by atoms with Crippen LogP contribution in [-0.2, 0) is 19.1 Å². The van der Waals surface area contributed by atoms with Gasteiger partial charge in [-0.15, -0.1) is 0 Å². The topological polar surface area (TPSA) is 52.6 Å². The Morgan fingerprint density at radius 1 is 0.958 bits per heavy atom. The van der Waals surface area contributed by atoms with Crippen molar-refractivity contribution in [3.63, 3.8) is 0 Å². The summed E-state index contributed by atoms with van der Waals surface area (Å²) in [6, 6.07) is 9.56. The normalized spacial score (nSPS) is 18.1. The van der Waals surface area contributed by atoms with Gasteiger partial charge in [0.15, 0.2) is 0 Å². The number of rotatable bonds is 6.